The zero-order valence-electron chi connectivity index (χ0n) is 10.0. The molecular weight excluding hydrogens is 379 g/mol. The maximum Gasteiger partial charge on any atom is 0.141 e. The van der Waals surface area contributed by atoms with Crippen molar-refractivity contribution in [1.29, 1.82) is 0 Å². The summed E-state index contributed by atoms with van der Waals surface area (Å²) >= 11 is 6.42. The van der Waals surface area contributed by atoms with Crippen LogP contribution in [0, 0.1) is 5.82 Å². The second-order valence-corrected chi connectivity index (χ2v) is 5.81. The highest BCUT2D eigenvalue weighted by Gasteiger charge is 2.11. The molecule has 0 aliphatic carbocycles. The number of hydrogen-bond donors (Lipinski definition) is 1. The first-order chi connectivity index (χ1) is 8.97. The Bertz CT molecular complexity index is 600. The van der Waals surface area contributed by atoms with Crippen molar-refractivity contribution in [2.24, 2.45) is 0 Å². The summed E-state index contributed by atoms with van der Waals surface area (Å²) in [7, 11) is 0. The lowest BCUT2D eigenvalue weighted by molar-refractivity contribution is 0.195. The van der Waals surface area contributed by atoms with Gasteiger partial charge in [0.1, 0.15) is 17.3 Å². The van der Waals surface area contributed by atoms with E-state index in [0.717, 1.165) is 4.47 Å². The summed E-state index contributed by atoms with van der Waals surface area (Å²) in [5, 5.41) is 9.72. The van der Waals surface area contributed by atoms with Crippen LogP contribution < -0.4 is 4.74 Å². The fourth-order valence-corrected chi connectivity index (χ4v) is 2.23. The van der Waals surface area contributed by atoms with Crippen molar-refractivity contribution in [2.45, 2.75) is 13.0 Å². The van der Waals surface area contributed by atoms with Gasteiger partial charge in [-0.1, -0.05) is 15.9 Å². The number of hydrogen-bond acceptors (Lipinski definition) is 2. The summed E-state index contributed by atoms with van der Waals surface area (Å²) in [4.78, 5) is 0. The zero-order chi connectivity index (χ0) is 14.0. The van der Waals surface area contributed by atoms with Crippen molar-refractivity contribution in [3.63, 3.8) is 0 Å². The van der Waals surface area contributed by atoms with Gasteiger partial charge in [0.25, 0.3) is 0 Å². The van der Waals surface area contributed by atoms with E-state index >= 15 is 0 Å². The average Bonchev–Trinajstić information content (AvgIpc) is 2.36. The van der Waals surface area contributed by atoms with Gasteiger partial charge in [-0.15, -0.1) is 0 Å². The third kappa shape index (κ3) is 3.55. The van der Waals surface area contributed by atoms with Gasteiger partial charge in [-0.05, 0) is 53.2 Å². The van der Waals surface area contributed by atoms with Crippen molar-refractivity contribution >= 4 is 31.9 Å². The molecule has 19 heavy (non-hydrogen) atoms. The Kier molecular flexibility index (Phi) is 4.60. The van der Waals surface area contributed by atoms with Crippen LogP contribution in [-0.4, -0.2) is 5.11 Å². The molecule has 0 aliphatic rings. The van der Waals surface area contributed by atoms with Crippen LogP contribution in [0.1, 0.15) is 18.6 Å². The smallest absolute Gasteiger partial charge is 0.141 e. The fourth-order valence-electron chi connectivity index (χ4n) is 1.61. The Hall–Kier alpha value is -0.910. The standard InChI is InChI=1S/C14H11Br2FO2/c1-8(18)11-6-9(15)2-5-14(11)19-10-3-4-12(16)13(17)7-10/h2-8,18H,1H3. The number of benzene rings is 2. The summed E-state index contributed by atoms with van der Waals surface area (Å²) in [6.07, 6.45) is -0.673. The van der Waals surface area contributed by atoms with Gasteiger partial charge >= 0.3 is 0 Å². The molecule has 0 spiro atoms. The van der Waals surface area contributed by atoms with Crippen molar-refractivity contribution < 1.29 is 14.2 Å². The van der Waals surface area contributed by atoms with Crippen LogP contribution >= 0.6 is 31.9 Å². The topological polar surface area (TPSA) is 29.5 Å². The molecule has 0 aromatic heterocycles. The van der Waals surface area contributed by atoms with Crippen LogP contribution in [0.3, 0.4) is 0 Å². The van der Waals surface area contributed by atoms with Crippen LogP contribution in [0.2, 0.25) is 0 Å². The molecule has 2 nitrogen and oxygen atoms in total. The predicted octanol–water partition coefficient (Wildman–Crippen LogP) is 5.20. The first-order valence-electron chi connectivity index (χ1n) is 5.58. The summed E-state index contributed by atoms with van der Waals surface area (Å²) in [6.45, 7) is 1.65. The van der Waals surface area contributed by atoms with Crippen LogP contribution in [0.5, 0.6) is 11.5 Å². The highest BCUT2D eigenvalue weighted by atomic mass is 79.9. The Morgan fingerprint density at radius 1 is 1.16 bits per heavy atom. The second kappa shape index (κ2) is 6.03. The van der Waals surface area contributed by atoms with E-state index in [1.54, 1.807) is 37.3 Å². The third-order valence-electron chi connectivity index (χ3n) is 2.54. The molecular formula is C14H11Br2FO2. The lowest BCUT2D eigenvalue weighted by Gasteiger charge is -2.13. The number of aliphatic hydroxyl groups excluding tert-OH is 1. The van der Waals surface area contributed by atoms with Gasteiger partial charge in [-0.25, -0.2) is 4.39 Å². The largest absolute Gasteiger partial charge is 0.457 e. The molecule has 5 heteroatoms. The van der Waals surface area contributed by atoms with E-state index in [9.17, 15) is 9.50 Å². The molecule has 2 aromatic carbocycles. The van der Waals surface area contributed by atoms with Crippen molar-refractivity contribution in [2.75, 3.05) is 0 Å². The quantitative estimate of drug-likeness (QED) is 0.781. The zero-order valence-corrected chi connectivity index (χ0v) is 13.2. The first-order valence-corrected chi connectivity index (χ1v) is 7.16. The first kappa shape index (κ1) is 14.5. The van der Waals surface area contributed by atoms with Crippen LogP contribution in [0.4, 0.5) is 4.39 Å². The molecule has 0 saturated carbocycles. The summed E-state index contributed by atoms with van der Waals surface area (Å²) < 4.78 is 20.3. The maximum atomic E-state index is 13.4. The van der Waals surface area contributed by atoms with Crippen molar-refractivity contribution in [3.05, 3.63) is 56.7 Å². The highest BCUT2D eigenvalue weighted by molar-refractivity contribution is 9.10. The number of rotatable bonds is 3. The van der Waals surface area contributed by atoms with E-state index in [4.69, 9.17) is 4.74 Å². The molecule has 1 atom stereocenters. The Labute approximate surface area is 127 Å². The van der Waals surface area contributed by atoms with E-state index in [2.05, 4.69) is 31.9 Å². The van der Waals surface area contributed by atoms with E-state index in [1.807, 2.05) is 0 Å². The Balaban J connectivity index is 2.35. The lowest BCUT2D eigenvalue weighted by Crippen LogP contribution is -1.96. The monoisotopic (exact) mass is 388 g/mol. The van der Waals surface area contributed by atoms with Gasteiger partial charge in [-0.3, -0.25) is 0 Å². The van der Waals surface area contributed by atoms with Gasteiger partial charge in [0.2, 0.25) is 0 Å². The van der Waals surface area contributed by atoms with Gasteiger partial charge in [-0.2, -0.15) is 0 Å². The Morgan fingerprint density at radius 2 is 1.89 bits per heavy atom. The molecule has 1 N–H and O–H groups in total. The average molecular weight is 390 g/mol. The molecule has 0 amide bonds. The summed E-state index contributed by atoms with van der Waals surface area (Å²) in [5.74, 6) is 0.484. The van der Waals surface area contributed by atoms with Crippen LogP contribution in [0.25, 0.3) is 0 Å². The molecule has 0 heterocycles. The molecule has 2 aromatic rings. The van der Waals surface area contributed by atoms with Crippen molar-refractivity contribution in [1.82, 2.24) is 0 Å². The molecule has 0 saturated heterocycles. The minimum Gasteiger partial charge on any atom is -0.457 e. The van der Waals surface area contributed by atoms with Gasteiger partial charge < -0.3 is 9.84 Å². The minimum atomic E-state index is -0.673. The Morgan fingerprint density at radius 3 is 2.53 bits per heavy atom. The van der Waals surface area contributed by atoms with Gasteiger partial charge in [0.15, 0.2) is 0 Å². The summed E-state index contributed by atoms with van der Waals surface area (Å²) in [6, 6.07) is 9.82. The molecule has 1 unspecified atom stereocenters. The van der Waals surface area contributed by atoms with E-state index in [1.165, 1.54) is 6.07 Å². The third-order valence-corrected chi connectivity index (χ3v) is 3.68. The number of halogens is 3. The molecule has 0 bridgehead atoms. The minimum absolute atomic E-state index is 0.380. The fraction of sp³-hybridized carbons (Fsp3) is 0.143. The lowest BCUT2D eigenvalue weighted by atomic mass is 10.1. The number of ether oxygens (including phenoxy) is 1. The van der Waals surface area contributed by atoms with Gasteiger partial charge in [0, 0.05) is 16.1 Å². The van der Waals surface area contributed by atoms with Gasteiger partial charge in [0.05, 0.1) is 10.6 Å². The van der Waals surface area contributed by atoms with E-state index in [0.29, 0.717) is 21.5 Å². The summed E-state index contributed by atoms with van der Waals surface area (Å²) in [5.41, 5.74) is 0.637. The molecule has 2 rings (SSSR count). The van der Waals surface area contributed by atoms with Crippen LogP contribution in [-0.2, 0) is 0 Å². The second-order valence-electron chi connectivity index (χ2n) is 4.04. The van der Waals surface area contributed by atoms with Crippen molar-refractivity contribution in [3.8, 4) is 11.5 Å². The van der Waals surface area contributed by atoms with Crippen LogP contribution in [0.15, 0.2) is 45.3 Å². The molecule has 0 fully saturated rings. The maximum absolute atomic E-state index is 13.4. The normalized spacial score (nSPS) is 12.3. The molecule has 100 valence electrons. The molecule has 0 radical (unpaired) electrons. The molecule has 0 aliphatic heterocycles. The highest BCUT2D eigenvalue weighted by Crippen LogP contribution is 2.33. The number of aliphatic hydroxyl groups is 1. The van der Waals surface area contributed by atoms with E-state index < -0.39 is 11.9 Å². The van der Waals surface area contributed by atoms with E-state index in [-0.39, 0.29) is 0 Å². The SMILES string of the molecule is CC(O)c1cc(Br)ccc1Oc1ccc(Br)c(F)c1. The predicted molar refractivity (Wildman–Crippen MR) is 78.9 cm³/mol.